The van der Waals surface area contributed by atoms with Crippen molar-refractivity contribution in [2.24, 2.45) is 0 Å². The van der Waals surface area contributed by atoms with Crippen LogP contribution in [0.25, 0.3) is 0 Å². The zero-order valence-corrected chi connectivity index (χ0v) is 16.8. The number of hydrogen-bond acceptors (Lipinski definition) is 10. The Labute approximate surface area is 170 Å². The minimum Gasteiger partial charge on any atom is -0.466 e. The van der Waals surface area contributed by atoms with Crippen molar-refractivity contribution in [1.82, 2.24) is 14.7 Å². The van der Waals surface area contributed by atoms with Gasteiger partial charge in [-0.25, -0.2) is 27.7 Å². The predicted octanol–water partition coefficient (Wildman–Crippen LogP) is 1.14. The van der Waals surface area contributed by atoms with Crippen molar-refractivity contribution >= 4 is 33.7 Å². The summed E-state index contributed by atoms with van der Waals surface area (Å²) in [6.07, 6.45) is -0.995. The number of ether oxygens (including phenoxy) is 2. The molecule has 0 spiro atoms. The Morgan fingerprint density at radius 1 is 1.23 bits per heavy atom. The van der Waals surface area contributed by atoms with Crippen LogP contribution < -0.4 is 14.8 Å². The van der Waals surface area contributed by atoms with Crippen molar-refractivity contribution in [2.75, 3.05) is 12.4 Å². The molecule has 2 aromatic rings. The number of nitrogens with one attached hydrogen (secondary N) is 2. The van der Waals surface area contributed by atoms with Crippen LogP contribution in [0.3, 0.4) is 0 Å². The van der Waals surface area contributed by atoms with Gasteiger partial charge in [0.25, 0.3) is 15.7 Å². The second-order valence-corrected chi connectivity index (χ2v) is 7.39. The number of nitrogens with zero attached hydrogens (tertiary/aromatic N) is 3. The molecule has 1 heterocycles. The Morgan fingerprint density at radius 3 is 2.53 bits per heavy atom. The number of benzene rings is 1. The highest BCUT2D eigenvalue weighted by atomic mass is 32.2. The number of sulfonamides is 1. The summed E-state index contributed by atoms with van der Waals surface area (Å²) in [7, 11) is -3.38. The normalized spacial score (nSPS) is 11.8. The van der Waals surface area contributed by atoms with Crippen LogP contribution in [0.15, 0.2) is 35.2 Å². The van der Waals surface area contributed by atoms with E-state index in [-0.39, 0.29) is 11.8 Å². The molecule has 0 aliphatic carbocycles. The number of aromatic nitrogens is 2. The number of nitro groups is 1. The highest BCUT2D eigenvalue weighted by Crippen LogP contribution is 2.22. The molecule has 0 saturated carbocycles. The molecule has 0 radical (unpaired) electrons. The molecule has 14 heteroatoms. The van der Waals surface area contributed by atoms with Gasteiger partial charge in [0.1, 0.15) is 0 Å². The highest BCUT2D eigenvalue weighted by molar-refractivity contribution is 7.90. The molecular weight excluding hydrogens is 422 g/mol. The zero-order valence-electron chi connectivity index (χ0n) is 16.0. The maximum Gasteiger partial charge on any atom is 0.346 e. The van der Waals surface area contributed by atoms with Gasteiger partial charge in [0.15, 0.2) is 11.0 Å². The van der Waals surface area contributed by atoms with E-state index < -0.39 is 43.6 Å². The van der Waals surface area contributed by atoms with Gasteiger partial charge in [0.2, 0.25) is 11.8 Å². The van der Waals surface area contributed by atoms with E-state index in [2.05, 4.69) is 20.0 Å². The number of anilines is 1. The van der Waals surface area contributed by atoms with E-state index in [1.807, 2.05) is 0 Å². The Bertz CT molecular complexity index is 1090. The number of aryl methyl sites for hydroxylation is 1. The van der Waals surface area contributed by atoms with Crippen LogP contribution in [-0.2, 0) is 19.6 Å². The quantitative estimate of drug-likeness (QED) is 0.361. The lowest BCUT2D eigenvalue weighted by molar-refractivity contribution is -0.387. The molecule has 0 aliphatic rings. The fourth-order valence-electron chi connectivity index (χ4n) is 2.19. The van der Waals surface area contributed by atoms with Crippen LogP contribution in [0, 0.1) is 17.0 Å². The van der Waals surface area contributed by atoms with Crippen molar-refractivity contribution in [3.05, 3.63) is 46.1 Å². The van der Waals surface area contributed by atoms with E-state index >= 15 is 0 Å². The van der Waals surface area contributed by atoms with Gasteiger partial charge in [-0.1, -0.05) is 12.1 Å². The van der Waals surface area contributed by atoms with Crippen molar-refractivity contribution in [2.45, 2.75) is 24.8 Å². The lowest BCUT2D eigenvalue weighted by Gasteiger charge is -2.13. The molecule has 0 saturated heterocycles. The van der Waals surface area contributed by atoms with Crippen LogP contribution in [0.5, 0.6) is 5.88 Å². The smallest absolute Gasteiger partial charge is 0.346 e. The molecule has 0 aliphatic heterocycles. The third-order valence-electron chi connectivity index (χ3n) is 3.47. The molecule has 160 valence electrons. The number of esters is 1. The maximum atomic E-state index is 12.4. The van der Waals surface area contributed by atoms with Crippen LogP contribution in [0.1, 0.15) is 12.6 Å². The number of amides is 2. The third-order valence-corrected chi connectivity index (χ3v) is 4.84. The molecule has 1 unspecified atom stereocenters. The van der Waals surface area contributed by atoms with Gasteiger partial charge < -0.3 is 9.47 Å². The Kier molecular flexibility index (Phi) is 6.84. The van der Waals surface area contributed by atoms with Gasteiger partial charge in [0, 0.05) is 17.8 Å². The zero-order chi connectivity index (χ0) is 22.5. The molecular formula is C16H17N5O8S. The second kappa shape index (κ2) is 9.13. The van der Waals surface area contributed by atoms with E-state index in [9.17, 15) is 28.1 Å². The molecule has 0 bridgehead atoms. The number of rotatable bonds is 7. The minimum absolute atomic E-state index is 0.0720. The summed E-state index contributed by atoms with van der Waals surface area (Å²) in [4.78, 5) is 40.8. The summed E-state index contributed by atoms with van der Waals surface area (Å²) in [5.74, 6) is -1.05. The minimum atomic E-state index is -4.56. The molecule has 2 N–H and O–H groups in total. The summed E-state index contributed by atoms with van der Waals surface area (Å²) < 4.78 is 36.2. The Hall–Kier alpha value is -3.81. The van der Waals surface area contributed by atoms with Crippen molar-refractivity contribution < 1.29 is 32.4 Å². The van der Waals surface area contributed by atoms with Crippen molar-refractivity contribution in [1.29, 1.82) is 0 Å². The van der Waals surface area contributed by atoms with Crippen LogP contribution in [-0.4, -0.2) is 48.5 Å². The Balaban J connectivity index is 2.18. The molecule has 0 fully saturated rings. The van der Waals surface area contributed by atoms with E-state index in [0.29, 0.717) is 5.69 Å². The van der Waals surface area contributed by atoms with E-state index in [1.54, 1.807) is 11.6 Å². The summed E-state index contributed by atoms with van der Waals surface area (Å²) in [5, 5.41) is 13.1. The van der Waals surface area contributed by atoms with E-state index in [4.69, 9.17) is 4.74 Å². The standard InChI is InChI=1S/C16H17N5O8S/c1-9-8-13(29-10(2)14(22)28-3)18-15(17-9)19-16(23)20-30(26,27)12-7-5-4-6-11(12)21(24)25/h4-8,10H,1-3H3,(H2,17,18,19,20,23). The fraction of sp³-hybridized carbons (Fsp3) is 0.250. The summed E-state index contributed by atoms with van der Waals surface area (Å²) in [5.41, 5.74) is -0.356. The molecule has 2 amide bonds. The van der Waals surface area contributed by atoms with Crippen LogP contribution in [0.2, 0.25) is 0 Å². The van der Waals surface area contributed by atoms with Crippen LogP contribution in [0.4, 0.5) is 16.4 Å². The first-order valence-electron chi connectivity index (χ1n) is 8.21. The number of carbonyl (C=O) groups is 2. The van der Waals surface area contributed by atoms with Gasteiger partial charge in [-0.2, -0.15) is 4.98 Å². The number of nitro benzene ring substituents is 1. The lowest BCUT2D eigenvalue weighted by atomic mass is 10.3. The monoisotopic (exact) mass is 439 g/mol. The lowest BCUT2D eigenvalue weighted by Crippen LogP contribution is -2.35. The van der Waals surface area contributed by atoms with Gasteiger partial charge in [-0.05, 0) is 19.9 Å². The average Bonchev–Trinajstić information content (AvgIpc) is 2.66. The number of hydrogen-bond donors (Lipinski definition) is 2. The molecule has 1 aromatic carbocycles. The second-order valence-electron chi connectivity index (χ2n) is 5.74. The molecule has 1 atom stereocenters. The SMILES string of the molecule is COC(=O)C(C)Oc1cc(C)nc(NC(=O)NS(=O)(=O)c2ccccc2[N+](=O)[O-])n1. The maximum absolute atomic E-state index is 12.4. The summed E-state index contributed by atoms with van der Waals surface area (Å²) in [6.45, 7) is 2.97. The number of methoxy groups -OCH3 is 1. The first-order chi connectivity index (χ1) is 14.0. The van der Waals surface area contributed by atoms with Gasteiger partial charge in [-0.15, -0.1) is 0 Å². The fourth-order valence-corrected chi connectivity index (χ4v) is 3.27. The molecule has 13 nitrogen and oxygen atoms in total. The first kappa shape index (κ1) is 22.5. The molecule has 1 aromatic heterocycles. The van der Waals surface area contributed by atoms with Crippen molar-refractivity contribution in [3.63, 3.8) is 0 Å². The van der Waals surface area contributed by atoms with Crippen LogP contribution >= 0.6 is 0 Å². The van der Waals surface area contributed by atoms with Gasteiger partial charge >= 0.3 is 12.0 Å². The first-order valence-corrected chi connectivity index (χ1v) is 9.69. The number of urea groups is 1. The Morgan fingerprint density at radius 2 is 1.90 bits per heavy atom. The largest absolute Gasteiger partial charge is 0.466 e. The highest BCUT2D eigenvalue weighted by Gasteiger charge is 2.27. The molecule has 30 heavy (non-hydrogen) atoms. The average molecular weight is 439 g/mol. The summed E-state index contributed by atoms with van der Waals surface area (Å²) >= 11 is 0. The van der Waals surface area contributed by atoms with Gasteiger partial charge in [-0.3, -0.25) is 15.4 Å². The third kappa shape index (κ3) is 5.60. The number of carbonyl (C=O) groups excluding carboxylic acids is 2. The van der Waals surface area contributed by atoms with Crippen molar-refractivity contribution in [3.8, 4) is 5.88 Å². The number of para-hydroxylation sites is 1. The van der Waals surface area contributed by atoms with E-state index in [1.165, 1.54) is 32.2 Å². The topological polar surface area (TPSA) is 180 Å². The van der Waals surface area contributed by atoms with Gasteiger partial charge in [0.05, 0.1) is 12.0 Å². The summed E-state index contributed by atoms with van der Waals surface area (Å²) in [6, 6.07) is 4.65. The predicted molar refractivity (Wildman–Crippen MR) is 101 cm³/mol. The molecule has 2 rings (SSSR count). The van der Waals surface area contributed by atoms with E-state index in [0.717, 1.165) is 12.1 Å².